The van der Waals surface area contributed by atoms with Gasteiger partial charge in [0.05, 0.1) is 23.9 Å². The van der Waals surface area contributed by atoms with Crippen molar-refractivity contribution in [2.24, 2.45) is 0 Å². The topological polar surface area (TPSA) is 374 Å². The predicted octanol–water partition coefficient (Wildman–Crippen LogP) is -11.1. The third kappa shape index (κ3) is 99.3. The van der Waals surface area contributed by atoms with Crippen LogP contribution in [0.4, 0.5) is 0 Å². The molecule has 0 radical (unpaired) electrons. The standard InChI is InChI=1S/2C2H2O4.Ba.5H2O.2O.U/c2*3-1(4)2(5)6;;;;;;;;;/h2*(H,3,4)(H,5,6);;5*1H2;;;/q;;+2;;;;;;2*-2;/p-5. The van der Waals surface area contributed by atoms with Gasteiger partial charge >= 0.3 is 48.9 Å². The molecular weight excluding hydrogens is 663 g/mol. The molecule has 0 rings (SSSR count). The van der Waals surface area contributed by atoms with Gasteiger partial charge in [-0.1, -0.05) is 0 Å². The van der Waals surface area contributed by atoms with Gasteiger partial charge in [-0.3, -0.25) is 0 Å². The van der Waals surface area contributed by atoms with Crippen molar-refractivity contribution in [3.8, 4) is 0 Å². The third-order valence-corrected chi connectivity index (χ3v) is 0.333. The summed E-state index contributed by atoms with van der Waals surface area (Å²) in [5, 5.41) is 35.7. The van der Waals surface area contributed by atoms with Crippen LogP contribution >= 0.6 is 0 Å². The summed E-state index contributed by atoms with van der Waals surface area (Å²) < 4.78 is 0. The average Bonchev–Trinajstić information content (AvgIpc) is 1.88. The predicted molar refractivity (Wildman–Crippen MR) is 43.5 cm³/mol. The Morgan fingerprint density at radius 3 is 0.571 bits per heavy atom. The number of carboxylic acid groups (broad SMARTS) is 4. The number of aliphatic carboxylic acids is 4. The van der Waals surface area contributed by atoms with Crippen molar-refractivity contribution in [1.82, 2.24) is 0 Å². The van der Waals surface area contributed by atoms with Gasteiger partial charge in [0, 0.05) is 31.1 Å². The molecular formula is C4H9BaO15U-7. The second-order valence-corrected chi connectivity index (χ2v) is 1.15. The van der Waals surface area contributed by atoms with Crippen molar-refractivity contribution in [2.75, 3.05) is 0 Å². The molecule has 0 fully saturated rings. The molecule has 0 aliphatic heterocycles. The Labute approximate surface area is 179 Å². The summed E-state index contributed by atoms with van der Waals surface area (Å²) in [5.74, 6) is -8.74. The molecule has 0 aromatic heterocycles. The van der Waals surface area contributed by atoms with Crippen LogP contribution in [0.1, 0.15) is 0 Å². The Morgan fingerprint density at radius 1 is 0.524 bits per heavy atom. The van der Waals surface area contributed by atoms with Crippen molar-refractivity contribution in [2.45, 2.75) is 0 Å². The first-order valence-electron chi connectivity index (χ1n) is 2.13. The zero-order chi connectivity index (χ0) is 10.3. The Bertz CT molecular complexity index is 182. The molecule has 0 aromatic rings. The zero-order valence-electron chi connectivity index (χ0n) is 9.74. The van der Waals surface area contributed by atoms with Crippen LogP contribution in [0.15, 0.2) is 0 Å². The molecule has 0 heterocycles. The van der Waals surface area contributed by atoms with Crippen molar-refractivity contribution in [1.29, 1.82) is 0 Å². The minimum absolute atomic E-state index is 0. The van der Waals surface area contributed by atoms with Crippen molar-refractivity contribution >= 4 is 72.8 Å². The molecule has 0 amide bonds. The van der Waals surface area contributed by atoms with Gasteiger partial charge < -0.3 is 77.9 Å². The molecule has 0 aromatic carbocycles. The fourth-order valence-corrected chi connectivity index (χ4v) is 0. The summed E-state index contributed by atoms with van der Waals surface area (Å²) in [7, 11) is 0. The quantitative estimate of drug-likeness (QED) is 0.174. The Hall–Kier alpha value is 0.223. The summed E-state index contributed by atoms with van der Waals surface area (Å²) in [4.78, 5) is 35.7. The molecule has 0 atom stereocenters. The monoisotopic (exact) mass is 673 g/mol. The summed E-state index contributed by atoms with van der Waals surface area (Å²) in [6.07, 6.45) is 0. The van der Waals surface area contributed by atoms with Gasteiger partial charge in [-0.15, -0.1) is 0 Å². The van der Waals surface area contributed by atoms with Gasteiger partial charge in [-0.05, 0) is 0 Å². The Balaban J connectivity index is -0.00000000741. The number of rotatable bonds is 0. The van der Waals surface area contributed by atoms with E-state index in [1.807, 2.05) is 0 Å². The van der Waals surface area contributed by atoms with Gasteiger partial charge in [0.2, 0.25) is 0 Å². The van der Waals surface area contributed by atoms with Gasteiger partial charge in [-0.2, -0.15) is 0 Å². The van der Waals surface area contributed by atoms with E-state index in [0.717, 1.165) is 0 Å². The summed E-state index contributed by atoms with van der Waals surface area (Å²) in [5.41, 5.74) is 0. The number of carboxylic acids is 4. The van der Waals surface area contributed by atoms with Crippen LogP contribution in [0.5, 0.6) is 0 Å². The first kappa shape index (κ1) is 83.0. The van der Waals surface area contributed by atoms with E-state index in [1.54, 1.807) is 0 Å². The molecule has 0 aliphatic carbocycles. The van der Waals surface area contributed by atoms with Gasteiger partial charge in [0.15, 0.2) is 0 Å². The smallest absolute Gasteiger partial charge is 2.00 e. The third-order valence-electron chi connectivity index (χ3n) is 0.333. The first-order chi connectivity index (χ1) is 5.29. The van der Waals surface area contributed by atoms with Gasteiger partial charge in [-0.25, -0.2) is 0 Å². The molecule has 9 N–H and O–H groups in total. The molecule has 0 saturated heterocycles. The molecule has 0 saturated carbocycles. The normalized spacial score (nSPS) is 4.19. The molecule has 0 spiro atoms. The maximum absolute atomic E-state index is 8.93. The first-order valence-corrected chi connectivity index (χ1v) is 2.13. The van der Waals surface area contributed by atoms with Crippen LogP contribution < -0.4 is 20.4 Å². The minimum atomic E-state index is -2.19. The van der Waals surface area contributed by atoms with Crippen LogP contribution in [-0.4, -0.2) is 100 Å². The molecule has 128 valence electrons. The number of carbonyl (C=O) groups excluding carboxylic acids is 4. The molecule has 0 aliphatic rings. The molecule has 15 nitrogen and oxygen atoms in total. The Morgan fingerprint density at radius 2 is 0.571 bits per heavy atom. The second kappa shape index (κ2) is 50.0. The van der Waals surface area contributed by atoms with Crippen molar-refractivity contribution in [3.63, 3.8) is 0 Å². The molecule has 21 heavy (non-hydrogen) atoms. The van der Waals surface area contributed by atoms with Crippen LogP contribution in [0.2, 0.25) is 0 Å². The van der Waals surface area contributed by atoms with E-state index in [4.69, 9.17) is 39.6 Å². The zero-order valence-corrected chi connectivity index (χ0v) is 18.3. The van der Waals surface area contributed by atoms with E-state index in [1.165, 1.54) is 0 Å². The molecule has 0 bridgehead atoms. The van der Waals surface area contributed by atoms with Crippen molar-refractivity contribution < 1.29 is 109 Å². The number of hydrogen-bond donors (Lipinski definition) is 0. The SMILES string of the molecule is O.O.O.O.O=C([O-])C(=O)[O-].O=C([O-])C(=O)[O-].[Ba+2].[O-2].[O-2].[OH-].[U]. The summed E-state index contributed by atoms with van der Waals surface area (Å²) in [6.45, 7) is 0. The van der Waals surface area contributed by atoms with E-state index in [9.17, 15) is 0 Å². The maximum atomic E-state index is 8.93. The van der Waals surface area contributed by atoms with Gasteiger partial charge in [0.25, 0.3) is 0 Å². The van der Waals surface area contributed by atoms with E-state index in [2.05, 4.69) is 0 Å². The van der Waals surface area contributed by atoms with Crippen LogP contribution in [-0.2, 0) is 30.1 Å². The van der Waals surface area contributed by atoms with E-state index >= 15 is 0 Å². The maximum Gasteiger partial charge on any atom is 2.00 e. The van der Waals surface area contributed by atoms with E-state index in [0.29, 0.717) is 0 Å². The second-order valence-electron chi connectivity index (χ2n) is 1.15. The fraction of sp³-hybridized carbons (Fsp3) is 0. The number of carbonyl (C=O) groups is 4. The van der Waals surface area contributed by atoms with E-state index in [-0.39, 0.29) is 118 Å². The largest absolute Gasteiger partial charge is 2.00 e. The van der Waals surface area contributed by atoms with Crippen LogP contribution in [0.25, 0.3) is 0 Å². The molecule has 17 heteroatoms. The van der Waals surface area contributed by atoms with E-state index < -0.39 is 23.9 Å². The fourth-order valence-electron chi connectivity index (χ4n) is 0. The number of hydrogen-bond acceptors (Lipinski definition) is 9. The summed E-state index contributed by atoms with van der Waals surface area (Å²) in [6, 6.07) is 0. The Kier molecular flexibility index (Phi) is 198. The summed E-state index contributed by atoms with van der Waals surface area (Å²) >= 11 is 0. The minimum Gasteiger partial charge on any atom is -2.00 e. The molecule has 0 unspecified atom stereocenters. The van der Waals surface area contributed by atoms with Gasteiger partial charge in [0.1, 0.15) is 0 Å². The average molecular weight is 672 g/mol. The van der Waals surface area contributed by atoms with Crippen molar-refractivity contribution in [3.05, 3.63) is 0 Å². The van der Waals surface area contributed by atoms with Crippen LogP contribution in [0.3, 0.4) is 0 Å². The van der Waals surface area contributed by atoms with Crippen LogP contribution in [0, 0.1) is 31.1 Å².